The number of carbonyl (C=O) groups excluding carboxylic acids is 1. The summed E-state index contributed by atoms with van der Waals surface area (Å²) in [5.41, 5.74) is 2.88. The number of hydrogen-bond acceptors (Lipinski definition) is 2. The van der Waals surface area contributed by atoms with Crippen LogP contribution >= 0.6 is 23.2 Å². The van der Waals surface area contributed by atoms with Crippen molar-refractivity contribution in [3.63, 3.8) is 0 Å². The maximum Gasteiger partial charge on any atom is 0.274 e. The zero-order valence-corrected chi connectivity index (χ0v) is 13.5. The van der Waals surface area contributed by atoms with E-state index in [2.05, 4.69) is 10.3 Å². The summed E-state index contributed by atoms with van der Waals surface area (Å²) in [4.78, 5) is 16.4. The second-order valence-electron chi connectivity index (χ2n) is 4.90. The molecule has 1 N–H and O–H groups in total. The lowest BCUT2D eigenvalue weighted by Crippen LogP contribution is -2.13. The monoisotopic (exact) mass is 342 g/mol. The van der Waals surface area contributed by atoms with Crippen LogP contribution in [0.4, 0.5) is 5.69 Å². The molecule has 0 saturated carbocycles. The Labute approximate surface area is 143 Å². The SMILES string of the molecule is O=C(Nc1ccc(Cl)cc1)c1cc(-c2ccc(Cl)cc2)ccn1. The number of carbonyl (C=O) groups is 1. The number of amides is 1. The van der Waals surface area contributed by atoms with E-state index in [4.69, 9.17) is 23.2 Å². The summed E-state index contributed by atoms with van der Waals surface area (Å²) in [6, 6.07) is 17.9. The molecule has 0 aliphatic carbocycles. The predicted octanol–water partition coefficient (Wildman–Crippen LogP) is 5.31. The third kappa shape index (κ3) is 3.89. The average molecular weight is 343 g/mol. The highest BCUT2D eigenvalue weighted by molar-refractivity contribution is 6.31. The number of nitrogens with one attached hydrogen (secondary N) is 1. The summed E-state index contributed by atoms with van der Waals surface area (Å²) in [7, 11) is 0. The van der Waals surface area contributed by atoms with E-state index in [-0.39, 0.29) is 5.91 Å². The minimum Gasteiger partial charge on any atom is -0.321 e. The van der Waals surface area contributed by atoms with Gasteiger partial charge < -0.3 is 5.32 Å². The van der Waals surface area contributed by atoms with E-state index in [9.17, 15) is 4.79 Å². The molecule has 0 radical (unpaired) electrons. The lowest BCUT2D eigenvalue weighted by Gasteiger charge is -2.07. The Balaban J connectivity index is 1.82. The molecule has 3 rings (SSSR count). The molecule has 0 bridgehead atoms. The van der Waals surface area contributed by atoms with Gasteiger partial charge in [0.05, 0.1) is 0 Å². The van der Waals surface area contributed by atoms with E-state index in [1.807, 2.05) is 30.3 Å². The minimum atomic E-state index is -0.275. The van der Waals surface area contributed by atoms with E-state index in [1.54, 1.807) is 36.5 Å². The smallest absolute Gasteiger partial charge is 0.274 e. The zero-order chi connectivity index (χ0) is 16.2. The van der Waals surface area contributed by atoms with Gasteiger partial charge in [0, 0.05) is 21.9 Å². The van der Waals surface area contributed by atoms with Crippen LogP contribution in [-0.4, -0.2) is 10.9 Å². The highest BCUT2D eigenvalue weighted by Gasteiger charge is 2.09. The second-order valence-corrected chi connectivity index (χ2v) is 5.77. The number of halogens is 2. The molecule has 114 valence electrons. The van der Waals surface area contributed by atoms with Gasteiger partial charge in [-0.15, -0.1) is 0 Å². The van der Waals surface area contributed by atoms with E-state index >= 15 is 0 Å². The van der Waals surface area contributed by atoms with Crippen molar-refractivity contribution in [1.82, 2.24) is 4.98 Å². The summed E-state index contributed by atoms with van der Waals surface area (Å²) in [5, 5.41) is 4.08. The maximum absolute atomic E-state index is 12.3. The second kappa shape index (κ2) is 6.82. The molecule has 0 saturated heterocycles. The van der Waals surface area contributed by atoms with Gasteiger partial charge in [0.2, 0.25) is 0 Å². The van der Waals surface area contributed by atoms with E-state index in [1.165, 1.54) is 0 Å². The Morgan fingerprint density at radius 3 is 2.09 bits per heavy atom. The van der Waals surface area contributed by atoms with Gasteiger partial charge in [-0.05, 0) is 59.7 Å². The molecule has 0 atom stereocenters. The fourth-order valence-electron chi connectivity index (χ4n) is 2.10. The summed E-state index contributed by atoms with van der Waals surface area (Å²) in [5.74, 6) is -0.275. The van der Waals surface area contributed by atoms with Crippen molar-refractivity contribution in [1.29, 1.82) is 0 Å². The number of nitrogens with zero attached hydrogens (tertiary/aromatic N) is 1. The van der Waals surface area contributed by atoms with Crippen LogP contribution in [0, 0.1) is 0 Å². The first kappa shape index (κ1) is 15.5. The standard InChI is InChI=1S/C18H12Cl2N2O/c19-14-3-1-12(2-4-14)13-9-10-21-17(11-13)18(23)22-16-7-5-15(20)6-8-16/h1-11H,(H,22,23). The Morgan fingerprint density at radius 2 is 1.43 bits per heavy atom. The summed E-state index contributed by atoms with van der Waals surface area (Å²) in [6.07, 6.45) is 1.61. The van der Waals surface area contributed by atoms with Gasteiger partial charge >= 0.3 is 0 Å². The molecular weight excluding hydrogens is 331 g/mol. The van der Waals surface area contributed by atoms with Crippen LogP contribution in [0.5, 0.6) is 0 Å². The number of aromatic nitrogens is 1. The Bertz CT molecular complexity index is 830. The van der Waals surface area contributed by atoms with Crippen LogP contribution in [-0.2, 0) is 0 Å². The molecule has 0 fully saturated rings. The van der Waals surface area contributed by atoms with Crippen LogP contribution < -0.4 is 5.32 Å². The maximum atomic E-state index is 12.3. The molecule has 0 aliphatic rings. The fourth-order valence-corrected chi connectivity index (χ4v) is 2.36. The minimum absolute atomic E-state index is 0.275. The highest BCUT2D eigenvalue weighted by Crippen LogP contribution is 2.22. The van der Waals surface area contributed by atoms with E-state index in [0.29, 0.717) is 21.4 Å². The van der Waals surface area contributed by atoms with Crippen LogP contribution in [0.15, 0.2) is 66.9 Å². The molecular formula is C18H12Cl2N2O. The predicted molar refractivity (Wildman–Crippen MR) is 94.1 cm³/mol. The van der Waals surface area contributed by atoms with Crippen LogP contribution in [0.1, 0.15) is 10.5 Å². The molecule has 1 heterocycles. The Kier molecular flexibility index (Phi) is 4.60. The van der Waals surface area contributed by atoms with Crippen molar-refractivity contribution < 1.29 is 4.79 Å². The van der Waals surface area contributed by atoms with Gasteiger partial charge in [-0.25, -0.2) is 0 Å². The zero-order valence-electron chi connectivity index (χ0n) is 12.0. The number of anilines is 1. The summed E-state index contributed by atoms with van der Waals surface area (Å²) >= 11 is 11.7. The van der Waals surface area contributed by atoms with E-state index < -0.39 is 0 Å². The molecule has 1 amide bonds. The molecule has 0 aliphatic heterocycles. The van der Waals surface area contributed by atoms with Crippen molar-refractivity contribution in [2.75, 3.05) is 5.32 Å². The lowest BCUT2D eigenvalue weighted by atomic mass is 10.1. The molecule has 5 heteroatoms. The lowest BCUT2D eigenvalue weighted by molar-refractivity contribution is 0.102. The van der Waals surface area contributed by atoms with Crippen molar-refractivity contribution in [2.24, 2.45) is 0 Å². The van der Waals surface area contributed by atoms with Gasteiger partial charge in [0.1, 0.15) is 5.69 Å². The molecule has 3 aromatic rings. The average Bonchev–Trinajstić information content (AvgIpc) is 2.58. The van der Waals surface area contributed by atoms with Gasteiger partial charge in [0.15, 0.2) is 0 Å². The van der Waals surface area contributed by atoms with Crippen molar-refractivity contribution in [3.8, 4) is 11.1 Å². The molecule has 2 aromatic carbocycles. The van der Waals surface area contributed by atoms with Gasteiger partial charge in [-0.3, -0.25) is 9.78 Å². The van der Waals surface area contributed by atoms with Crippen molar-refractivity contribution >= 4 is 34.8 Å². The first-order valence-corrected chi connectivity index (χ1v) is 7.66. The normalized spacial score (nSPS) is 10.3. The molecule has 0 unspecified atom stereocenters. The van der Waals surface area contributed by atoms with Gasteiger partial charge in [-0.2, -0.15) is 0 Å². The van der Waals surface area contributed by atoms with E-state index in [0.717, 1.165) is 11.1 Å². The van der Waals surface area contributed by atoms with Crippen LogP contribution in [0.3, 0.4) is 0 Å². The molecule has 1 aromatic heterocycles. The summed E-state index contributed by atoms with van der Waals surface area (Å²) < 4.78 is 0. The molecule has 3 nitrogen and oxygen atoms in total. The quantitative estimate of drug-likeness (QED) is 0.700. The van der Waals surface area contributed by atoms with Gasteiger partial charge in [0.25, 0.3) is 5.91 Å². The third-order valence-electron chi connectivity index (χ3n) is 3.27. The number of hydrogen-bond donors (Lipinski definition) is 1. The Morgan fingerprint density at radius 1 is 0.826 bits per heavy atom. The number of rotatable bonds is 3. The van der Waals surface area contributed by atoms with Gasteiger partial charge in [-0.1, -0.05) is 35.3 Å². The Hall–Kier alpha value is -2.36. The van der Waals surface area contributed by atoms with Crippen molar-refractivity contribution in [3.05, 3.63) is 82.6 Å². The highest BCUT2D eigenvalue weighted by atomic mass is 35.5. The van der Waals surface area contributed by atoms with Crippen molar-refractivity contribution in [2.45, 2.75) is 0 Å². The summed E-state index contributed by atoms with van der Waals surface area (Å²) in [6.45, 7) is 0. The molecule has 0 spiro atoms. The first-order valence-electron chi connectivity index (χ1n) is 6.91. The van der Waals surface area contributed by atoms with Crippen LogP contribution in [0.2, 0.25) is 10.0 Å². The fraction of sp³-hybridized carbons (Fsp3) is 0. The van der Waals surface area contributed by atoms with Crippen LogP contribution in [0.25, 0.3) is 11.1 Å². The largest absolute Gasteiger partial charge is 0.321 e. The molecule has 23 heavy (non-hydrogen) atoms. The number of pyridine rings is 1. The first-order chi connectivity index (χ1) is 11.1. The third-order valence-corrected chi connectivity index (χ3v) is 3.78. The topological polar surface area (TPSA) is 42.0 Å². The number of benzene rings is 2.